The first kappa shape index (κ1) is 12.0. The standard InChI is InChI=1S/C12H15FN2O2/c13-9-4-1-2-5-10(9)15-11(16)12(17)6-3-7-14-8-12/h1-2,4-5,14,17H,3,6-8H2,(H,15,16). The zero-order valence-corrected chi connectivity index (χ0v) is 9.37. The summed E-state index contributed by atoms with van der Waals surface area (Å²) in [6, 6.07) is 5.90. The Labute approximate surface area is 98.8 Å². The average molecular weight is 238 g/mol. The molecule has 92 valence electrons. The Hall–Kier alpha value is -1.46. The minimum absolute atomic E-state index is 0.0940. The molecule has 1 heterocycles. The Bertz CT molecular complexity index is 417. The number of nitrogens with one attached hydrogen (secondary N) is 2. The summed E-state index contributed by atoms with van der Waals surface area (Å²) in [5, 5.41) is 15.5. The van der Waals surface area contributed by atoms with Gasteiger partial charge in [0.2, 0.25) is 0 Å². The molecule has 1 saturated heterocycles. The summed E-state index contributed by atoms with van der Waals surface area (Å²) < 4.78 is 13.3. The van der Waals surface area contributed by atoms with Crippen LogP contribution >= 0.6 is 0 Å². The second-order valence-corrected chi connectivity index (χ2v) is 4.25. The van der Waals surface area contributed by atoms with Gasteiger partial charge in [0.25, 0.3) is 5.91 Å². The Morgan fingerprint density at radius 2 is 2.24 bits per heavy atom. The lowest BCUT2D eigenvalue weighted by atomic mass is 9.93. The fraction of sp³-hybridized carbons (Fsp3) is 0.417. The first-order valence-electron chi connectivity index (χ1n) is 5.61. The van der Waals surface area contributed by atoms with Gasteiger partial charge in [-0.1, -0.05) is 12.1 Å². The third-order valence-corrected chi connectivity index (χ3v) is 2.91. The monoisotopic (exact) mass is 238 g/mol. The molecular formula is C12H15FN2O2. The summed E-state index contributed by atoms with van der Waals surface area (Å²) in [5.74, 6) is -1.07. The number of carbonyl (C=O) groups is 1. The molecule has 1 aliphatic rings. The molecule has 5 heteroatoms. The van der Waals surface area contributed by atoms with Gasteiger partial charge >= 0.3 is 0 Å². The first-order valence-corrected chi connectivity index (χ1v) is 5.61. The van der Waals surface area contributed by atoms with Crippen LogP contribution in [0.3, 0.4) is 0 Å². The Kier molecular flexibility index (Phi) is 3.40. The summed E-state index contributed by atoms with van der Waals surface area (Å²) in [4.78, 5) is 11.9. The number of amides is 1. The number of anilines is 1. The van der Waals surface area contributed by atoms with Gasteiger partial charge in [-0.15, -0.1) is 0 Å². The summed E-state index contributed by atoms with van der Waals surface area (Å²) in [6.45, 7) is 0.989. The van der Waals surface area contributed by atoms with Crippen molar-refractivity contribution >= 4 is 11.6 Å². The summed E-state index contributed by atoms with van der Waals surface area (Å²) in [7, 11) is 0. The van der Waals surface area contributed by atoms with Crippen LogP contribution in [0.25, 0.3) is 0 Å². The number of aliphatic hydroxyl groups is 1. The van der Waals surface area contributed by atoms with E-state index in [0.717, 1.165) is 13.0 Å². The minimum atomic E-state index is -1.44. The van der Waals surface area contributed by atoms with Gasteiger partial charge in [-0.3, -0.25) is 4.79 Å². The number of rotatable bonds is 2. The number of hydrogen-bond acceptors (Lipinski definition) is 3. The van der Waals surface area contributed by atoms with Crippen LogP contribution < -0.4 is 10.6 Å². The third kappa shape index (κ3) is 2.62. The van der Waals surface area contributed by atoms with E-state index in [1.165, 1.54) is 12.1 Å². The zero-order valence-electron chi connectivity index (χ0n) is 9.37. The van der Waals surface area contributed by atoms with E-state index in [2.05, 4.69) is 10.6 Å². The molecule has 0 radical (unpaired) electrons. The maximum atomic E-state index is 13.3. The number of para-hydroxylation sites is 1. The van der Waals surface area contributed by atoms with Crippen LogP contribution in [0.2, 0.25) is 0 Å². The lowest BCUT2D eigenvalue weighted by Crippen LogP contribution is -2.53. The number of benzene rings is 1. The molecule has 0 spiro atoms. The van der Waals surface area contributed by atoms with Gasteiger partial charge in [0.05, 0.1) is 5.69 Å². The SMILES string of the molecule is O=C(Nc1ccccc1F)C1(O)CCCNC1. The highest BCUT2D eigenvalue weighted by Gasteiger charge is 2.37. The molecule has 4 nitrogen and oxygen atoms in total. The molecule has 1 amide bonds. The zero-order chi connectivity index (χ0) is 12.3. The molecule has 1 aliphatic heterocycles. The van der Waals surface area contributed by atoms with Crippen molar-refractivity contribution < 1.29 is 14.3 Å². The van der Waals surface area contributed by atoms with E-state index in [1.807, 2.05) is 0 Å². The van der Waals surface area contributed by atoms with Crippen molar-refractivity contribution in [3.63, 3.8) is 0 Å². The maximum absolute atomic E-state index is 13.3. The number of β-amino-alcohol motifs (C(OH)–C–C–N with tert-alkyl or cyclic N) is 1. The van der Waals surface area contributed by atoms with Crippen molar-refractivity contribution in [1.29, 1.82) is 0 Å². The molecule has 3 N–H and O–H groups in total. The van der Waals surface area contributed by atoms with Crippen LogP contribution in [-0.4, -0.2) is 29.7 Å². The van der Waals surface area contributed by atoms with E-state index in [0.29, 0.717) is 6.42 Å². The van der Waals surface area contributed by atoms with E-state index < -0.39 is 17.3 Å². The second kappa shape index (κ2) is 4.81. The first-order chi connectivity index (χ1) is 8.12. The van der Waals surface area contributed by atoms with Crippen LogP contribution in [0.15, 0.2) is 24.3 Å². The van der Waals surface area contributed by atoms with Gasteiger partial charge in [0.15, 0.2) is 5.60 Å². The minimum Gasteiger partial charge on any atom is -0.379 e. The second-order valence-electron chi connectivity index (χ2n) is 4.25. The van der Waals surface area contributed by atoms with E-state index in [-0.39, 0.29) is 12.2 Å². The highest BCUT2D eigenvalue weighted by atomic mass is 19.1. The average Bonchev–Trinajstić information content (AvgIpc) is 2.33. The largest absolute Gasteiger partial charge is 0.379 e. The molecule has 0 aliphatic carbocycles. The van der Waals surface area contributed by atoms with Crippen molar-refractivity contribution in [1.82, 2.24) is 5.32 Å². The van der Waals surface area contributed by atoms with Crippen molar-refractivity contribution in [2.24, 2.45) is 0 Å². The lowest BCUT2D eigenvalue weighted by Gasteiger charge is -2.31. The van der Waals surface area contributed by atoms with E-state index in [9.17, 15) is 14.3 Å². The smallest absolute Gasteiger partial charge is 0.257 e. The molecule has 17 heavy (non-hydrogen) atoms. The predicted molar refractivity (Wildman–Crippen MR) is 62.1 cm³/mol. The molecule has 1 unspecified atom stereocenters. The number of halogens is 1. The highest BCUT2D eigenvalue weighted by molar-refractivity contribution is 5.97. The normalized spacial score (nSPS) is 24.4. The fourth-order valence-electron chi connectivity index (χ4n) is 1.88. The van der Waals surface area contributed by atoms with Gasteiger partial charge in [-0.05, 0) is 31.5 Å². The maximum Gasteiger partial charge on any atom is 0.257 e. The molecule has 1 aromatic rings. The molecule has 0 bridgehead atoms. The van der Waals surface area contributed by atoms with Gasteiger partial charge in [0, 0.05) is 6.54 Å². The molecule has 1 aromatic carbocycles. The molecule has 0 aromatic heterocycles. The Balaban J connectivity index is 2.08. The van der Waals surface area contributed by atoms with Crippen molar-refractivity contribution in [3.8, 4) is 0 Å². The Morgan fingerprint density at radius 1 is 1.47 bits per heavy atom. The van der Waals surface area contributed by atoms with Crippen molar-refractivity contribution in [3.05, 3.63) is 30.1 Å². The van der Waals surface area contributed by atoms with Gasteiger partial charge < -0.3 is 15.7 Å². The van der Waals surface area contributed by atoms with Gasteiger partial charge in [-0.25, -0.2) is 4.39 Å². The van der Waals surface area contributed by atoms with Crippen molar-refractivity contribution in [2.75, 3.05) is 18.4 Å². The molecule has 0 saturated carbocycles. The topological polar surface area (TPSA) is 61.4 Å². The summed E-state index contributed by atoms with van der Waals surface area (Å²) >= 11 is 0. The van der Waals surface area contributed by atoms with E-state index in [4.69, 9.17) is 0 Å². The van der Waals surface area contributed by atoms with Crippen LogP contribution in [-0.2, 0) is 4.79 Å². The molecule has 1 fully saturated rings. The van der Waals surface area contributed by atoms with Crippen LogP contribution in [0.4, 0.5) is 10.1 Å². The molecular weight excluding hydrogens is 223 g/mol. The highest BCUT2D eigenvalue weighted by Crippen LogP contribution is 2.20. The number of carbonyl (C=O) groups excluding carboxylic acids is 1. The number of hydrogen-bond donors (Lipinski definition) is 3. The summed E-state index contributed by atoms with van der Waals surface area (Å²) in [5.41, 5.74) is -1.35. The van der Waals surface area contributed by atoms with E-state index >= 15 is 0 Å². The fourth-order valence-corrected chi connectivity index (χ4v) is 1.88. The van der Waals surface area contributed by atoms with Crippen LogP contribution in [0.5, 0.6) is 0 Å². The quantitative estimate of drug-likeness (QED) is 0.716. The molecule has 1 atom stereocenters. The van der Waals surface area contributed by atoms with Crippen LogP contribution in [0, 0.1) is 5.82 Å². The molecule has 2 rings (SSSR count). The van der Waals surface area contributed by atoms with Crippen molar-refractivity contribution in [2.45, 2.75) is 18.4 Å². The number of piperidine rings is 1. The predicted octanol–water partition coefficient (Wildman–Crippen LogP) is 0.879. The van der Waals surface area contributed by atoms with Gasteiger partial charge in [-0.2, -0.15) is 0 Å². The van der Waals surface area contributed by atoms with Gasteiger partial charge in [0.1, 0.15) is 5.82 Å². The lowest BCUT2D eigenvalue weighted by molar-refractivity contribution is -0.135. The van der Waals surface area contributed by atoms with E-state index in [1.54, 1.807) is 12.1 Å². The summed E-state index contributed by atoms with van der Waals surface area (Å²) in [6.07, 6.45) is 1.11. The van der Waals surface area contributed by atoms with Crippen LogP contribution in [0.1, 0.15) is 12.8 Å². The third-order valence-electron chi connectivity index (χ3n) is 2.91. The Morgan fingerprint density at radius 3 is 2.88 bits per heavy atom.